The van der Waals surface area contributed by atoms with Gasteiger partial charge in [0, 0.05) is 12.8 Å². The van der Waals surface area contributed by atoms with E-state index in [1.54, 1.807) is 6.92 Å². The SMILES string of the molecule is COCCOC(=O)C1=C(C)Nc2[nH]c(=O)[nH]c(=O)c2[C@@H]1c1ccsc1. The Morgan fingerprint density at radius 2 is 2.08 bits per heavy atom. The number of anilines is 1. The van der Waals surface area contributed by atoms with E-state index in [0.717, 1.165) is 5.56 Å². The molecule has 0 aliphatic carbocycles. The maximum Gasteiger partial charge on any atom is 0.336 e. The summed E-state index contributed by atoms with van der Waals surface area (Å²) in [6, 6.07) is 1.84. The van der Waals surface area contributed by atoms with Crippen molar-refractivity contribution >= 4 is 23.1 Å². The van der Waals surface area contributed by atoms with E-state index in [2.05, 4.69) is 15.3 Å². The third-order valence-electron chi connectivity index (χ3n) is 3.89. The second kappa shape index (κ2) is 7.08. The molecule has 0 saturated carbocycles. The van der Waals surface area contributed by atoms with Gasteiger partial charge in [0.25, 0.3) is 5.56 Å². The van der Waals surface area contributed by atoms with E-state index in [0.29, 0.717) is 11.3 Å². The molecule has 2 aromatic rings. The fraction of sp³-hybridized carbons (Fsp3) is 0.312. The standard InChI is InChI=1S/C16H17N3O5S/c1-8-10(15(21)24-5-4-23-2)11(9-3-6-25-7-9)12-13(17-8)18-16(22)19-14(12)20/h3,6-7,11H,4-5H2,1-2H3,(H3,17,18,19,20,22)/t11-/m1/s1. The predicted octanol–water partition coefficient (Wildman–Crippen LogP) is 1.15. The minimum absolute atomic E-state index is 0.108. The molecule has 0 aromatic carbocycles. The molecule has 25 heavy (non-hydrogen) atoms. The Bertz CT molecular complexity index is 926. The third kappa shape index (κ3) is 3.28. The van der Waals surface area contributed by atoms with Crippen LogP contribution in [-0.2, 0) is 14.3 Å². The molecule has 0 bridgehead atoms. The van der Waals surface area contributed by atoms with Gasteiger partial charge in [0.15, 0.2) is 0 Å². The molecule has 0 radical (unpaired) electrons. The molecule has 0 fully saturated rings. The zero-order valence-electron chi connectivity index (χ0n) is 13.7. The fourth-order valence-electron chi connectivity index (χ4n) is 2.82. The van der Waals surface area contributed by atoms with E-state index in [-0.39, 0.29) is 24.6 Å². The third-order valence-corrected chi connectivity index (χ3v) is 4.59. The zero-order valence-corrected chi connectivity index (χ0v) is 14.5. The highest BCUT2D eigenvalue weighted by atomic mass is 32.1. The Kier molecular flexibility index (Phi) is 4.86. The molecular formula is C16H17N3O5S. The number of nitrogens with one attached hydrogen (secondary N) is 3. The van der Waals surface area contributed by atoms with Crippen molar-refractivity contribution in [2.24, 2.45) is 0 Å². The van der Waals surface area contributed by atoms with Gasteiger partial charge in [-0.05, 0) is 29.3 Å². The molecule has 0 saturated heterocycles. The van der Waals surface area contributed by atoms with Crippen LogP contribution in [0.1, 0.15) is 24.0 Å². The molecule has 9 heteroatoms. The molecule has 1 aliphatic rings. The minimum atomic E-state index is -0.627. The lowest BCUT2D eigenvalue weighted by Gasteiger charge is -2.28. The number of methoxy groups -OCH3 is 1. The summed E-state index contributed by atoms with van der Waals surface area (Å²) in [6.07, 6.45) is 0. The van der Waals surface area contributed by atoms with Crippen LogP contribution in [-0.4, -0.2) is 36.3 Å². The lowest BCUT2D eigenvalue weighted by atomic mass is 9.83. The number of carbonyl (C=O) groups excluding carboxylic acids is 1. The van der Waals surface area contributed by atoms with E-state index in [9.17, 15) is 14.4 Å². The van der Waals surface area contributed by atoms with Gasteiger partial charge in [-0.2, -0.15) is 11.3 Å². The number of carbonyl (C=O) groups is 1. The van der Waals surface area contributed by atoms with E-state index in [1.165, 1.54) is 18.4 Å². The predicted molar refractivity (Wildman–Crippen MR) is 93.0 cm³/mol. The largest absolute Gasteiger partial charge is 0.460 e. The highest BCUT2D eigenvalue weighted by molar-refractivity contribution is 7.08. The molecular weight excluding hydrogens is 346 g/mol. The monoisotopic (exact) mass is 363 g/mol. The Morgan fingerprint density at radius 1 is 1.28 bits per heavy atom. The Morgan fingerprint density at radius 3 is 2.76 bits per heavy atom. The molecule has 3 heterocycles. The number of hydrogen-bond donors (Lipinski definition) is 3. The molecule has 132 valence electrons. The van der Waals surface area contributed by atoms with Crippen molar-refractivity contribution in [2.75, 3.05) is 25.6 Å². The number of esters is 1. The molecule has 8 nitrogen and oxygen atoms in total. The lowest BCUT2D eigenvalue weighted by molar-refractivity contribution is -0.140. The Labute approximate surface area is 146 Å². The van der Waals surface area contributed by atoms with Gasteiger partial charge in [-0.25, -0.2) is 9.59 Å². The van der Waals surface area contributed by atoms with Crippen LogP contribution >= 0.6 is 11.3 Å². The van der Waals surface area contributed by atoms with Gasteiger partial charge < -0.3 is 14.8 Å². The number of aromatic nitrogens is 2. The molecule has 2 aromatic heterocycles. The summed E-state index contributed by atoms with van der Waals surface area (Å²) in [7, 11) is 1.51. The minimum Gasteiger partial charge on any atom is -0.460 e. The molecule has 0 unspecified atom stereocenters. The van der Waals surface area contributed by atoms with Crippen molar-refractivity contribution in [3.05, 3.63) is 60.1 Å². The van der Waals surface area contributed by atoms with Gasteiger partial charge in [0.1, 0.15) is 12.4 Å². The number of thiophene rings is 1. The first-order chi connectivity index (χ1) is 12.0. The first kappa shape index (κ1) is 17.2. The molecule has 3 rings (SSSR count). The molecule has 1 aliphatic heterocycles. The van der Waals surface area contributed by atoms with Crippen molar-refractivity contribution < 1.29 is 14.3 Å². The van der Waals surface area contributed by atoms with E-state index in [4.69, 9.17) is 9.47 Å². The summed E-state index contributed by atoms with van der Waals surface area (Å²) in [5.41, 5.74) is 0.758. The van der Waals surface area contributed by atoms with Crippen LogP contribution < -0.4 is 16.6 Å². The molecule has 1 atom stereocenters. The van der Waals surface area contributed by atoms with Crippen LogP contribution in [0.15, 0.2) is 37.7 Å². The quantitative estimate of drug-likeness (QED) is 0.542. The van der Waals surface area contributed by atoms with Crippen LogP contribution in [0.3, 0.4) is 0 Å². The first-order valence-corrected chi connectivity index (χ1v) is 8.49. The first-order valence-electron chi connectivity index (χ1n) is 7.55. The van der Waals surface area contributed by atoms with E-state index >= 15 is 0 Å². The number of hydrogen-bond acceptors (Lipinski definition) is 7. The Balaban J connectivity index is 2.12. The average molecular weight is 363 g/mol. The zero-order chi connectivity index (χ0) is 18.0. The van der Waals surface area contributed by atoms with Crippen molar-refractivity contribution in [3.8, 4) is 0 Å². The number of fused-ring (bicyclic) bond motifs is 1. The number of allylic oxidation sites excluding steroid dienone is 1. The van der Waals surface area contributed by atoms with Gasteiger partial charge in [-0.15, -0.1) is 0 Å². The van der Waals surface area contributed by atoms with Gasteiger partial charge in [-0.1, -0.05) is 0 Å². The summed E-state index contributed by atoms with van der Waals surface area (Å²) in [5.74, 6) is -0.872. The molecule has 0 spiro atoms. The number of rotatable bonds is 5. The van der Waals surface area contributed by atoms with Gasteiger partial charge in [-0.3, -0.25) is 14.8 Å². The van der Waals surface area contributed by atoms with E-state index in [1.807, 2.05) is 16.8 Å². The second-order valence-corrected chi connectivity index (χ2v) is 6.26. The van der Waals surface area contributed by atoms with Crippen LogP contribution in [0.5, 0.6) is 0 Å². The summed E-state index contributed by atoms with van der Waals surface area (Å²) >= 11 is 1.45. The molecule has 0 amide bonds. The van der Waals surface area contributed by atoms with Crippen LogP contribution in [0.25, 0.3) is 0 Å². The lowest BCUT2D eigenvalue weighted by Crippen LogP contribution is -2.35. The van der Waals surface area contributed by atoms with Gasteiger partial charge >= 0.3 is 11.7 Å². The fourth-order valence-corrected chi connectivity index (χ4v) is 3.51. The highest BCUT2D eigenvalue weighted by Gasteiger charge is 2.36. The maximum absolute atomic E-state index is 12.6. The Hall–Kier alpha value is -2.65. The maximum atomic E-state index is 12.6. The van der Waals surface area contributed by atoms with Crippen molar-refractivity contribution in [2.45, 2.75) is 12.8 Å². The van der Waals surface area contributed by atoms with Crippen LogP contribution in [0.2, 0.25) is 0 Å². The summed E-state index contributed by atoms with van der Waals surface area (Å²) in [6.45, 7) is 2.09. The summed E-state index contributed by atoms with van der Waals surface area (Å²) in [5, 5.41) is 6.65. The van der Waals surface area contributed by atoms with E-state index < -0.39 is 23.1 Å². The topological polar surface area (TPSA) is 113 Å². The number of ether oxygens (including phenoxy) is 2. The normalized spacial score (nSPS) is 16.3. The average Bonchev–Trinajstić information content (AvgIpc) is 3.07. The summed E-state index contributed by atoms with van der Waals surface area (Å²) < 4.78 is 10.1. The van der Waals surface area contributed by atoms with Gasteiger partial charge in [0.2, 0.25) is 0 Å². The van der Waals surface area contributed by atoms with Crippen molar-refractivity contribution in [3.63, 3.8) is 0 Å². The smallest absolute Gasteiger partial charge is 0.336 e. The number of H-pyrrole nitrogens is 2. The van der Waals surface area contributed by atoms with Crippen molar-refractivity contribution in [1.29, 1.82) is 0 Å². The molecule has 3 N–H and O–H groups in total. The van der Waals surface area contributed by atoms with Crippen LogP contribution in [0.4, 0.5) is 5.82 Å². The van der Waals surface area contributed by atoms with Crippen molar-refractivity contribution in [1.82, 2.24) is 9.97 Å². The summed E-state index contributed by atoms with van der Waals surface area (Å²) in [4.78, 5) is 41.4. The number of aromatic amines is 2. The van der Waals surface area contributed by atoms with Crippen LogP contribution in [0, 0.1) is 0 Å². The second-order valence-electron chi connectivity index (χ2n) is 5.48. The van der Waals surface area contributed by atoms with Gasteiger partial charge in [0.05, 0.1) is 23.7 Å². The highest BCUT2D eigenvalue weighted by Crippen LogP contribution is 2.39.